The summed E-state index contributed by atoms with van der Waals surface area (Å²) in [6.45, 7) is 4.62. The van der Waals surface area contributed by atoms with Crippen LogP contribution in [0.3, 0.4) is 0 Å². The number of anilines is 2. The van der Waals surface area contributed by atoms with Crippen molar-refractivity contribution in [3.05, 3.63) is 11.9 Å². The Kier molecular flexibility index (Phi) is 5.34. The van der Waals surface area contributed by atoms with Crippen LogP contribution in [0, 0.1) is 0 Å². The number of hydrogen-bond acceptors (Lipinski definition) is 5. The highest BCUT2D eigenvalue weighted by Gasteiger charge is 2.07. The minimum absolute atomic E-state index is 0.0841. The molecule has 5 nitrogen and oxygen atoms in total. The molecule has 17 heavy (non-hydrogen) atoms. The molecule has 0 aliphatic heterocycles. The van der Waals surface area contributed by atoms with E-state index in [1.54, 1.807) is 12.3 Å². The van der Waals surface area contributed by atoms with Crippen LogP contribution in [0.15, 0.2) is 6.07 Å². The smallest absolute Gasteiger partial charge is 0.133 e. The number of aromatic nitrogens is 2. The fourth-order valence-electron chi connectivity index (χ4n) is 1.31. The summed E-state index contributed by atoms with van der Waals surface area (Å²) in [7, 11) is -0.835. The van der Waals surface area contributed by atoms with E-state index in [1.165, 1.54) is 0 Å². The first-order chi connectivity index (χ1) is 8.02. The average Bonchev–Trinajstić information content (AvgIpc) is 2.25. The van der Waals surface area contributed by atoms with Gasteiger partial charge in [-0.1, -0.05) is 6.92 Å². The van der Waals surface area contributed by atoms with E-state index in [-0.39, 0.29) is 5.25 Å². The average molecular weight is 256 g/mol. The Hall–Kier alpha value is -1.17. The minimum Gasteiger partial charge on any atom is -0.384 e. The Morgan fingerprint density at radius 1 is 1.53 bits per heavy atom. The Bertz CT molecular complexity index is 397. The highest BCUT2D eigenvalue weighted by Crippen LogP contribution is 2.10. The largest absolute Gasteiger partial charge is 0.384 e. The van der Waals surface area contributed by atoms with Gasteiger partial charge in [-0.05, 0) is 13.3 Å². The third-order valence-electron chi connectivity index (χ3n) is 2.40. The van der Waals surface area contributed by atoms with Crippen LogP contribution in [0.1, 0.15) is 26.1 Å². The molecule has 2 unspecified atom stereocenters. The predicted octanol–water partition coefficient (Wildman–Crippen LogP) is 1.19. The van der Waals surface area contributed by atoms with Crippen molar-refractivity contribution >= 4 is 22.4 Å². The molecule has 2 atom stereocenters. The fourth-order valence-corrected chi connectivity index (χ4v) is 1.63. The van der Waals surface area contributed by atoms with Crippen LogP contribution in [-0.4, -0.2) is 32.2 Å². The van der Waals surface area contributed by atoms with Gasteiger partial charge in [-0.25, -0.2) is 9.97 Å². The van der Waals surface area contributed by atoms with Gasteiger partial charge < -0.3 is 11.1 Å². The summed E-state index contributed by atoms with van der Waals surface area (Å²) in [4.78, 5) is 8.51. The van der Waals surface area contributed by atoms with Gasteiger partial charge in [0.2, 0.25) is 0 Å². The molecule has 0 spiro atoms. The lowest BCUT2D eigenvalue weighted by atomic mass is 10.3. The molecule has 0 aliphatic rings. The number of aryl methyl sites for hydroxylation is 1. The second-order valence-electron chi connectivity index (χ2n) is 4.03. The van der Waals surface area contributed by atoms with Gasteiger partial charge in [0, 0.05) is 41.3 Å². The first-order valence-electron chi connectivity index (χ1n) is 5.72. The van der Waals surface area contributed by atoms with Gasteiger partial charge in [0.15, 0.2) is 0 Å². The third-order valence-corrected chi connectivity index (χ3v) is 3.70. The molecule has 0 fully saturated rings. The molecule has 6 heteroatoms. The van der Waals surface area contributed by atoms with Gasteiger partial charge in [-0.15, -0.1) is 0 Å². The van der Waals surface area contributed by atoms with Gasteiger partial charge in [0.1, 0.15) is 17.5 Å². The molecule has 96 valence electrons. The van der Waals surface area contributed by atoms with Crippen molar-refractivity contribution in [1.82, 2.24) is 9.97 Å². The highest BCUT2D eigenvalue weighted by atomic mass is 32.2. The maximum absolute atomic E-state index is 11.2. The number of rotatable bonds is 6. The molecule has 0 aliphatic carbocycles. The molecule has 1 aromatic heterocycles. The molecule has 0 radical (unpaired) electrons. The summed E-state index contributed by atoms with van der Waals surface area (Å²) >= 11 is 0. The van der Waals surface area contributed by atoms with E-state index in [1.807, 2.05) is 6.92 Å². The molecular formula is C11H20N4OS. The molecule has 0 amide bonds. The van der Waals surface area contributed by atoms with Crippen molar-refractivity contribution in [2.75, 3.05) is 23.9 Å². The molecule has 3 N–H and O–H groups in total. The number of nitrogens with two attached hydrogens (primary N) is 1. The summed E-state index contributed by atoms with van der Waals surface area (Å²) in [6, 6.07) is 1.70. The normalized spacial score (nSPS) is 14.3. The van der Waals surface area contributed by atoms with Crippen molar-refractivity contribution in [2.45, 2.75) is 31.9 Å². The topological polar surface area (TPSA) is 80.9 Å². The summed E-state index contributed by atoms with van der Waals surface area (Å²) in [5, 5.41) is 3.23. The first-order valence-corrected chi connectivity index (χ1v) is 7.34. The molecule has 0 saturated carbocycles. The SMILES string of the molecule is CCCc1nc(N)cc(NCC(C)S(C)=O)n1. The van der Waals surface area contributed by atoms with Crippen LogP contribution >= 0.6 is 0 Å². The monoisotopic (exact) mass is 256 g/mol. The second-order valence-corrected chi connectivity index (χ2v) is 5.84. The lowest BCUT2D eigenvalue weighted by Gasteiger charge is -2.11. The van der Waals surface area contributed by atoms with E-state index in [2.05, 4.69) is 22.2 Å². The Morgan fingerprint density at radius 2 is 2.24 bits per heavy atom. The Morgan fingerprint density at radius 3 is 2.82 bits per heavy atom. The first kappa shape index (κ1) is 13.9. The van der Waals surface area contributed by atoms with Gasteiger partial charge in [0.25, 0.3) is 0 Å². The van der Waals surface area contributed by atoms with Crippen LogP contribution in [0.25, 0.3) is 0 Å². The zero-order valence-corrected chi connectivity index (χ0v) is 11.4. The number of nitrogens with zero attached hydrogens (tertiary/aromatic N) is 2. The molecule has 1 rings (SSSR count). The van der Waals surface area contributed by atoms with Crippen LogP contribution in [-0.2, 0) is 17.2 Å². The standard InChI is InChI=1S/C11H20N4OS/c1-4-5-10-14-9(12)6-11(15-10)13-7-8(2)17(3)16/h6,8H,4-5,7H2,1-3H3,(H3,12,13,14,15). The second kappa shape index (κ2) is 6.54. The third kappa shape index (κ3) is 4.68. The van der Waals surface area contributed by atoms with E-state index in [9.17, 15) is 4.21 Å². The maximum Gasteiger partial charge on any atom is 0.133 e. The summed E-state index contributed by atoms with van der Waals surface area (Å²) in [6.07, 6.45) is 3.50. The fraction of sp³-hybridized carbons (Fsp3) is 0.636. The van der Waals surface area contributed by atoms with Crippen molar-refractivity contribution in [1.29, 1.82) is 0 Å². The van der Waals surface area contributed by atoms with Crippen molar-refractivity contribution in [2.24, 2.45) is 0 Å². The van der Waals surface area contributed by atoms with Crippen LogP contribution in [0.2, 0.25) is 0 Å². The number of hydrogen-bond donors (Lipinski definition) is 2. The Labute approximate surface area is 105 Å². The van der Waals surface area contributed by atoms with Crippen LogP contribution < -0.4 is 11.1 Å². The van der Waals surface area contributed by atoms with Crippen LogP contribution in [0.4, 0.5) is 11.6 Å². The van der Waals surface area contributed by atoms with Crippen LogP contribution in [0.5, 0.6) is 0 Å². The molecule has 0 saturated heterocycles. The lowest BCUT2D eigenvalue weighted by Crippen LogP contribution is -2.21. The van der Waals surface area contributed by atoms with Crippen molar-refractivity contribution in [3.63, 3.8) is 0 Å². The van der Waals surface area contributed by atoms with E-state index >= 15 is 0 Å². The molecule has 0 aromatic carbocycles. The quantitative estimate of drug-likeness (QED) is 0.799. The van der Waals surface area contributed by atoms with Crippen molar-refractivity contribution < 1.29 is 4.21 Å². The zero-order chi connectivity index (χ0) is 12.8. The molecule has 1 aromatic rings. The van der Waals surface area contributed by atoms with Crippen molar-refractivity contribution in [3.8, 4) is 0 Å². The predicted molar refractivity (Wildman–Crippen MR) is 72.5 cm³/mol. The maximum atomic E-state index is 11.2. The summed E-state index contributed by atoms with van der Waals surface area (Å²) in [5.74, 6) is 1.93. The van der Waals surface area contributed by atoms with Gasteiger partial charge in [0.05, 0.1) is 0 Å². The van der Waals surface area contributed by atoms with Gasteiger partial charge in [-0.2, -0.15) is 0 Å². The minimum atomic E-state index is -0.835. The van der Waals surface area contributed by atoms with E-state index in [0.717, 1.165) is 18.7 Å². The number of nitrogens with one attached hydrogen (secondary N) is 1. The molecule has 1 heterocycles. The summed E-state index contributed by atoms with van der Waals surface area (Å²) < 4.78 is 11.2. The Balaban J connectivity index is 2.67. The van der Waals surface area contributed by atoms with E-state index < -0.39 is 10.8 Å². The van der Waals surface area contributed by atoms with Gasteiger partial charge >= 0.3 is 0 Å². The summed E-state index contributed by atoms with van der Waals surface area (Å²) in [5.41, 5.74) is 5.70. The zero-order valence-electron chi connectivity index (χ0n) is 10.6. The highest BCUT2D eigenvalue weighted by molar-refractivity contribution is 7.84. The molecular weight excluding hydrogens is 236 g/mol. The van der Waals surface area contributed by atoms with E-state index in [4.69, 9.17) is 5.73 Å². The molecule has 0 bridgehead atoms. The number of nitrogen functional groups attached to an aromatic ring is 1. The van der Waals surface area contributed by atoms with Gasteiger partial charge in [-0.3, -0.25) is 4.21 Å². The van der Waals surface area contributed by atoms with E-state index in [0.29, 0.717) is 18.2 Å². The lowest BCUT2D eigenvalue weighted by molar-refractivity contribution is 0.678.